The maximum absolute atomic E-state index is 12.9. The number of hydrogen-bond donors (Lipinski definition) is 2. The molecule has 164 valence electrons. The average Bonchev–Trinajstić information content (AvgIpc) is 3.19. The number of nitrogens with zero attached hydrogens (tertiary/aromatic N) is 3. The third-order valence-corrected chi connectivity index (χ3v) is 5.99. The summed E-state index contributed by atoms with van der Waals surface area (Å²) in [5.74, 6) is 0.123. The SMILES string of the molecule is COCN1CN(C2CCC(CNCC(F)(F)F)CC2)c2c(cnc3[nH]ccc23)C1=O. The molecule has 0 aromatic carbocycles. The van der Waals surface area contributed by atoms with Gasteiger partial charge in [-0.05, 0) is 44.2 Å². The van der Waals surface area contributed by atoms with Gasteiger partial charge in [-0.15, -0.1) is 0 Å². The van der Waals surface area contributed by atoms with Gasteiger partial charge in [0.1, 0.15) is 12.4 Å². The lowest BCUT2D eigenvalue weighted by atomic mass is 9.84. The van der Waals surface area contributed by atoms with Crippen molar-refractivity contribution in [2.75, 3.05) is 38.5 Å². The molecule has 0 unspecified atom stereocenters. The van der Waals surface area contributed by atoms with Crippen LogP contribution in [0.15, 0.2) is 18.5 Å². The Kier molecular flexibility index (Phi) is 5.88. The fourth-order valence-electron chi connectivity index (χ4n) is 4.58. The number of fused-ring (bicyclic) bond motifs is 3. The molecule has 2 aliphatic rings. The summed E-state index contributed by atoms with van der Waals surface area (Å²) in [6.45, 7) is 0.0460. The van der Waals surface area contributed by atoms with Crippen LogP contribution in [0.1, 0.15) is 36.0 Å². The second kappa shape index (κ2) is 8.43. The molecule has 0 radical (unpaired) electrons. The fraction of sp³-hybridized carbons (Fsp3) is 0.600. The normalized spacial score (nSPS) is 22.6. The molecule has 1 aliphatic heterocycles. The Bertz CT molecular complexity index is 892. The molecule has 30 heavy (non-hydrogen) atoms. The van der Waals surface area contributed by atoms with Gasteiger partial charge < -0.3 is 19.9 Å². The number of anilines is 1. The quantitative estimate of drug-likeness (QED) is 0.744. The Morgan fingerprint density at radius 3 is 2.77 bits per heavy atom. The van der Waals surface area contributed by atoms with Crippen LogP contribution in [-0.2, 0) is 4.74 Å². The first-order valence-corrected chi connectivity index (χ1v) is 10.2. The van der Waals surface area contributed by atoms with E-state index in [0.29, 0.717) is 18.8 Å². The molecule has 1 saturated carbocycles. The molecule has 0 spiro atoms. The van der Waals surface area contributed by atoms with Crippen LogP contribution >= 0.6 is 0 Å². The molecule has 0 atom stereocenters. The number of carbonyl (C=O) groups is 1. The Hall–Kier alpha value is -2.33. The zero-order chi connectivity index (χ0) is 21.3. The number of H-pyrrole nitrogens is 1. The maximum atomic E-state index is 12.9. The Morgan fingerprint density at radius 2 is 2.07 bits per heavy atom. The molecular formula is C20H26F3N5O2. The second-order valence-electron chi connectivity index (χ2n) is 8.06. The minimum Gasteiger partial charge on any atom is -0.364 e. The summed E-state index contributed by atoms with van der Waals surface area (Å²) in [7, 11) is 1.56. The van der Waals surface area contributed by atoms with E-state index in [1.165, 1.54) is 0 Å². The first-order valence-electron chi connectivity index (χ1n) is 10.2. The van der Waals surface area contributed by atoms with E-state index < -0.39 is 12.7 Å². The lowest BCUT2D eigenvalue weighted by Crippen LogP contribution is -2.52. The van der Waals surface area contributed by atoms with Crippen molar-refractivity contribution in [3.05, 3.63) is 24.0 Å². The highest BCUT2D eigenvalue weighted by Gasteiger charge is 2.36. The first-order chi connectivity index (χ1) is 14.4. The molecule has 2 N–H and O–H groups in total. The van der Waals surface area contributed by atoms with Crippen LogP contribution in [0.4, 0.5) is 18.9 Å². The summed E-state index contributed by atoms with van der Waals surface area (Å²) in [4.78, 5) is 24.3. The molecule has 1 fully saturated rings. The van der Waals surface area contributed by atoms with E-state index in [4.69, 9.17) is 4.74 Å². The van der Waals surface area contributed by atoms with Gasteiger partial charge in [0.15, 0.2) is 0 Å². The van der Waals surface area contributed by atoms with Crippen LogP contribution < -0.4 is 10.2 Å². The van der Waals surface area contributed by atoms with Crippen molar-refractivity contribution in [2.24, 2.45) is 5.92 Å². The van der Waals surface area contributed by atoms with Crippen molar-refractivity contribution in [2.45, 2.75) is 37.9 Å². The number of ether oxygens (including phenoxy) is 1. The van der Waals surface area contributed by atoms with Crippen LogP contribution in [0.3, 0.4) is 0 Å². The standard InChI is InChI=1S/C20H26F3N5O2/c1-30-12-27-11-28(14-4-2-13(3-5-14)8-24-10-20(21,22)23)17-15-6-7-25-18(15)26-9-16(17)19(27)29/h6-7,9,13-14,24H,2-5,8,10-12H2,1H3,(H,25,26). The van der Waals surface area contributed by atoms with Crippen molar-refractivity contribution in [1.82, 2.24) is 20.2 Å². The van der Waals surface area contributed by atoms with Gasteiger partial charge in [0, 0.05) is 30.9 Å². The minimum atomic E-state index is -4.18. The number of aromatic nitrogens is 2. The van der Waals surface area contributed by atoms with E-state index in [9.17, 15) is 18.0 Å². The third-order valence-electron chi connectivity index (χ3n) is 5.99. The van der Waals surface area contributed by atoms with Crippen LogP contribution in [0.2, 0.25) is 0 Å². The summed E-state index contributed by atoms with van der Waals surface area (Å²) < 4.78 is 42.3. The smallest absolute Gasteiger partial charge is 0.364 e. The predicted molar refractivity (Wildman–Crippen MR) is 106 cm³/mol. The van der Waals surface area contributed by atoms with Gasteiger partial charge in [-0.1, -0.05) is 0 Å². The number of aromatic amines is 1. The molecule has 1 aliphatic carbocycles. The van der Waals surface area contributed by atoms with Crippen molar-refractivity contribution >= 4 is 22.6 Å². The van der Waals surface area contributed by atoms with Crippen LogP contribution in [0, 0.1) is 5.92 Å². The summed E-state index contributed by atoms with van der Waals surface area (Å²) in [6.07, 6.45) is 2.66. The summed E-state index contributed by atoms with van der Waals surface area (Å²) >= 11 is 0. The number of rotatable bonds is 6. The molecule has 0 saturated heterocycles. The van der Waals surface area contributed by atoms with Crippen LogP contribution in [-0.4, -0.2) is 66.6 Å². The molecule has 10 heteroatoms. The molecule has 4 rings (SSSR count). The number of halogens is 3. The summed E-state index contributed by atoms with van der Waals surface area (Å²) in [6, 6.07) is 2.13. The Labute approximate surface area is 172 Å². The van der Waals surface area contributed by atoms with Gasteiger partial charge >= 0.3 is 6.18 Å². The monoisotopic (exact) mass is 425 g/mol. The highest BCUT2D eigenvalue weighted by molar-refractivity contribution is 6.08. The van der Waals surface area contributed by atoms with Gasteiger partial charge in [0.25, 0.3) is 5.91 Å². The second-order valence-corrected chi connectivity index (χ2v) is 8.06. The third kappa shape index (κ3) is 4.24. The molecule has 7 nitrogen and oxygen atoms in total. The molecule has 2 aromatic rings. The predicted octanol–water partition coefficient (Wildman–Crippen LogP) is 3.10. The Balaban J connectivity index is 1.51. The van der Waals surface area contributed by atoms with E-state index >= 15 is 0 Å². The van der Waals surface area contributed by atoms with Gasteiger partial charge in [0.2, 0.25) is 0 Å². The molecular weight excluding hydrogens is 399 g/mol. The van der Waals surface area contributed by atoms with Gasteiger partial charge in [-0.25, -0.2) is 4.98 Å². The molecule has 0 bridgehead atoms. The maximum Gasteiger partial charge on any atom is 0.401 e. The molecule has 1 amide bonds. The van der Waals surface area contributed by atoms with Crippen molar-refractivity contribution in [3.8, 4) is 0 Å². The zero-order valence-electron chi connectivity index (χ0n) is 16.8. The summed E-state index contributed by atoms with van der Waals surface area (Å²) in [5, 5.41) is 3.44. The minimum absolute atomic E-state index is 0.108. The number of pyridine rings is 1. The van der Waals surface area contributed by atoms with E-state index in [-0.39, 0.29) is 24.6 Å². The van der Waals surface area contributed by atoms with E-state index in [2.05, 4.69) is 20.2 Å². The number of hydrogen-bond acceptors (Lipinski definition) is 5. The molecule has 2 aromatic heterocycles. The number of alkyl halides is 3. The highest BCUT2D eigenvalue weighted by atomic mass is 19.4. The van der Waals surface area contributed by atoms with Gasteiger partial charge in [0.05, 0.1) is 24.5 Å². The van der Waals surface area contributed by atoms with Crippen LogP contribution in [0.25, 0.3) is 11.0 Å². The lowest BCUT2D eigenvalue weighted by molar-refractivity contribution is -0.125. The highest BCUT2D eigenvalue weighted by Crippen LogP contribution is 2.38. The van der Waals surface area contributed by atoms with E-state index in [1.807, 2.05) is 12.3 Å². The zero-order valence-corrected chi connectivity index (χ0v) is 16.8. The first kappa shape index (κ1) is 20.9. The van der Waals surface area contributed by atoms with Gasteiger partial charge in [-0.3, -0.25) is 9.69 Å². The molecule has 3 heterocycles. The summed E-state index contributed by atoms with van der Waals surface area (Å²) in [5.41, 5.74) is 2.17. The number of nitrogens with one attached hydrogen (secondary N) is 2. The topological polar surface area (TPSA) is 73.5 Å². The fourth-order valence-corrected chi connectivity index (χ4v) is 4.58. The number of amides is 1. The van der Waals surface area contributed by atoms with Crippen LogP contribution in [0.5, 0.6) is 0 Å². The number of methoxy groups -OCH3 is 1. The van der Waals surface area contributed by atoms with Gasteiger partial charge in [-0.2, -0.15) is 13.2 Å². The number of carbonyl (C=O) groups excluding carboxylic acids is 1. The van der Waals surface area contributed by atoms with E-state index in [1.54, 1.807) is 18.2 Å². The van der Waals surface area contributed by atoms with E-state index in [0.717, 1.165) is 42.4 Å². The van der Waals surface area contributed by atoms with Crippen molar-refractivity contribution in [1.29, 1.82) is 0 Å². The van der Waals surface area contributed by atoms with Crippen molar-refractivity contribution in [3.63, 3.8) is 0 Å². The largest absolute Gasteiger partial charge is 0.401 e. The lowest BCUT2D eigenvalue weighted by Gasteiger charge is -2.44. The average molecular weight is 425 g/mol. The van der Waals surface area contributed by atoms with Crippen molar-refractivity contribution < 1.29 is 22.7 Å². The Morgan fingerprint density at radius 1 is 1.30 bits per heavy atom.